The number of hydrogen-bond donors (Lipinski definition) is 1. The zero-order valence-corrected chi connectivity index (χ0v) is 16.0. The first-order chi connectivity index (χ1) is 12.9. The van der Waals surface area contributed by atoms with Crippen molar-refractivity contribution < 1.29 is 26.0 Å². The summed E-state index contributed by atoms with van der Waals surface area (Å²) < 4.78 is 77.2. The third-order valence-electron chi connectivity index (χ3n) is 4.09. The Hall–Kier alpha value is -2.68. The van der Waals surface area contributed by atoms with Gasteiger partial charge in [0.25, 0.3) is 0 Å². The highest BCUT2D eigenvalue weighted by atomic mass is 32.2. The molecule has 0 saturated carbocycles. The maximum Gasteiger partial charge on any atom is 0.449 e. The van der Waals surface area contributed by atoms with Crippen LogP contribution in [0.25, 0.3) is 22.5 Å². The predicted molar refractivity (Wildman–Crippen MR) is 97.0 cm³/mol. The van der Waals surface area contributed by atoms with Crippen molar-refractivity contribution in [3.05, 3.63) is 59.2 Å². The topological polar surface area (TPSA) is 62.8 Å². The van der Waals surface area contributed by atoms with Crippen LogP contribution in [-0.4, -0.2) is 24.6 Å². The highest BCUT2D eigenvalue weighted by molar-refractivity contribution is 7.90. The molecule has 0 saturated heterocycles. The van der Waals surface area contributed by atoms with E-state index >= 15 is 0 Å². The Morgan fingerprint density at radius 3 is 2.07 bits per heavy atom. The van der Waals surface area contributed by atoms with Crippen LogP contribution >= 0.6 is 0 Å². The van der Waals surface area contributed by atoms with Crippen LogP contribution in [-0.2, 0) is 16.0 Å². The molecule has 0 radical (unpaired) electrons. The summed E-state index contributed by atoms with van der Waals surface area (Å²) in [5.74, 6) is -2.27. The lowest BCUT2D eigenvalue weighted by atomic mass is 10.0. The van der Waals surface area contributed by atoms with Gasteiger partial charge in [-0.05, 0) is 38.1 Å². The normalized spacial score (nSPS) is 12.4. The molecule has 3 aromatic rings. The number of imidazole rings is 1. The standard InChI is InChI=1S/C19H16F4N2O2S/c1-10-6-11(2)8-13(7-10)17-16(24-18(25-17)19(21,22)23)12-4-5-15(14(20)9-12)28(3,26)27/h4-9H,1-3H3,(H,24,25). The molecular formula is C19H16F4N2O2S. The van der Waals surface area contributed by atoms with Gasteiger partial charge in [0.1, 0.15) is 10.7 Å². The molecule has 0 unspecified atom stereocenters. The molecule has 0 aliphatic heterocycles. The Kier molecular flexibility index (Phi) is 4.82. The van der Waals surface area contributed by atoms with Gasteiger partial charge in [0.15, 0.2) is 9.84 Å². The lowest BCUT2D eigenvalue weighted by molar-refractivity contribution is -0.144. The molecular weight excluding hydrogens is 396 g/mol. The lowest BCUT2D eigenvalue weighted by Gasteiger charge is -2.07. The van der Waals surface area contributed by atoms with Gasteiger partial charge in [0, 0.05) is 17.4 Å². The van der Waals surface area contributed by atoms with E-state index in [2.05, 4.69) is 9.97 Å². The van der Waals surface area contributed by atoms with E-state index in [0.29, 0.717) is 5.56 Å². The van der Waals surface area contributed by atoms with Crippen molar-refractivity contribution in [3.63, 3.8) is 0 Å². The van der Waals surface area contributed by atoms with Gasteiger partial charge in [0.2, 0.25) is 5.82 Å². The summed E-state index contributed by atoms with van der Waals surface area (Å²) in [4.78, 5) is 5.37. The summed E-state index contributed by atoms with van der Waals surface area (Å²) in [5, 5.41) is 0. The Morgan fingerprint density at radius 2 is 1.57 bits per heavy atom. The van der Waals surface area contributed by atoms with Gasteiger partial charge in [-0.15, -0.1) is 0 Å². The Morgan fingerprint density at radius 1 is 0.964 bits per heavy atom. The predicted octanol–water partition coefficient (Wildman–Crippen LogP) is 4.92. The van der Waals surface area contributed by atoms with Crippen LogP contribution in [0.15, 0.2) is 41.3 Å². The fraction of sp³-hybridized carbons (Fsp3) is 0.211. The zero-order chi connectivity index (χ0) is 20.9. The molecule has 28 heavy (non-hydrogen) atoms. The number of aromatic amines is 1. The molecule has 1 N–H and O–H groups in total. The van der Waals surface area contributed by atoms with E-state index < -0.39 is 32.6 Å². The second-order valence-electron chi connectivity index (χ2n) is 6.60. The summed E-state index contributed by atoms with van der Waals surface area (Å²) in [7, 11) is -3.80. The number of alkyl halides is 3. The summed E-state index contributed by atoms with van der Waals surface area (Å²) in [6, 6.07) is 8.37. The number of H-pyrrole nitrogens is 1. The van der Waals surface area contributed by atoms with Crippen LogP contribution in [0.5, 0.6) is 0 Å². The quantitative estimate of drug-likeness (QED) is 0.621. The summed E-state index contributed by atoms with van der Waals surface area (Å²) in [6.45, 7) is 3.60. The molecule has 1 heterocycles. The molecule has 1 aromatic heterocycles. The minimum Gasteiger partial charge on any atom is -0.334 e. The number of nitrogens with one attached hydrogen (secondary N) is 1. The van der Waals surface area contributed by atoms with Gasteiger partial charge in [0.05, 0.1) is 11.4 Å². The van der Waals surface area contributed by atoms with Crippen molar-refractivity contribution in [2.24, 2.45) is 0 Å². The molecule has 3 rings (SSSR count). The number of nitrogens with zero attached hydrogens (tertiary/aromatic N) is 1. The van der Waals surface area contributed by atoms with E-state index in [1.807, 2.05) is 6.07 Å². The molecule has 4 nitrogen and oxygen atoms in total. The number of benzene rings is 2. The minimum absolute atomic E-state index is 0.00521. The Bertz CT molecular complexity index is 1140. The molecule has 0 aliphatic rings. The average molecular weight is 412 g/mol. The van der Waals surface area contributed by atoms with E-state index in [4.69, 9.17) is 0 Å². The van der Waals surface area contributed by atoms with Crippen LogP contribution in [0.2, 0.25) is 0 Å². The maximum atomic E-state index is 14.3. The molecule has 2 aromatic carbocycles. The van der Waals surface area contributed by atoms with Crippen LogP contribution < -0.4 is 0 Å². The number of hydrogen-bond acceptors (Lipinski definition) is 3. The SMILES string of the molecule is Cc1cc(C)cc(-c2nc(C(F)(F)F)[nH]c2-c2ccc(S(C)(=O)=O)c(F)c2)c1. The fourth-order valence-corrected chi connectivity index (χ4v) is 3.72. The van der Waals surface area contributed by atoms with E-state index in [1.165, 1.54) is 6.07 Å². The van der Waals surface area contributed by atoms with Crippen LogP contribution in [0.1, 0.15) is 17.0 Å². The summed E-state index contributed by atoms with van der Waals surface area (Å²) in [6.07, 6.45) is -3.87. The monoisotopic (exact) mass is 412 g/mol. The van der Waals surface area contributed by atoms with Crippen LogP contribution in [0.4, 0.5) is 17.6 Å². The molecule has 9 heteroatoms. The van der Waals surface area contributed by atoms with E-state index in [0.717, 1.165) is 29.5 Å². The highest BCUT2D eigenvalue weighted by Crippen LogP contribution is 2.37. The number of sulfone groups is 1. The van der Waals surface area contributed by atoms with Crippen molar-refractivity contribution >= 4 is 9.84 Å². The third-order valence-corrected chi connectivity index (χ3v) is 5.22. The Balaban J connectivity index is 2.26. The van der Waals surface area contributed by atoms with Crippen molar-refractivity contribution in [1.82, 2.24) is 9.97 Å². The number of rotatable bonds is 3. The van der Waals surface area contributed by atoms with Crippen LogP contribution in [0, 0.1) is 19.7 Å². The van der Waals surface area contributed by atoms with E-state index in [9.17, 15) is 26.0 Å². The van der Waals surface area contributed by atoms with Gasteiger partial charge in [-0.1, -0.05) is 23.3 Å². The number of halogens is 4. The molecule has 0 fully saturated rings. The van der Waals surface area contributed by atoms with Gasteiger partial charge < -0.3 is 4.98 Å². The lowest BCUT2D eigenvalue weighted by Crippen LogP contribution is -2.07. The Labute approximate surface area is 159 Å². The number of aryl methyl sites for hydroxylation is 2. The first-order valence-electron chi connectivity index (χ1n) is 8.12. The molecule has 0 bridgehead atoms. The van der Waals surface area contributed by atoms with Crippen molar-refractivity contribution in [3.8, 4) is 22.5 Å². The van der Waals surface area contributed by atoms with Crippen molar-refractivity contribution in [2.45, 2.75) is 24.9 Å². The summed E-state index contributed by atoms with van der Waals surface area (Å²) >= 11 is 0. The molecule has 148 valence electrons. The van der Waals surface area contributed by atoms with Gasteiger partial charge in [-0.25, -0.2) is 17.8 Å². The highest BCUT2D eigenvalue weighted by Gasteiger charge is 2.36. The minimum atomic E-state index is -4.73. The van der Waals surface area contributed by atoms with Crippen molar-refractivity contribution in [1.29, 1.82) is 0 Å². The molecule has 0 aliphatic carbocycles. The molecule has 0 spiro atoms. The zero-order valence-electron chi connectivity index (χ0n) is 15.1. The fourth-order valence-electron chi connectivity index (χ4n) is 2.99. The van der Waals surface area contributed by atoms with Crippen LogP contribution in [0.3, 0.4) is 0 Å². The second kappa shape index (κ2) is 6.73. The van der Waals surface area contributed by atoms with Gasteiger partial charge >= 0.3 is 6.18 Å². The average Bonchev–Trinajstić information content (AvgIpc) is 2.98. The van der Waals surface area contributed by atoms with Crippen molar-refractivity contribution in [2.75, 3.05) is 6.26 Å². The van der Waals surface area contributed by atoms with E-state index in [1.54, 1.807) is 26.0 Å². The maximum absolute atomic E-state index is 14.3. The number of aromatic nitrogens is 2. The smallest absolute Gasteiger partial charge is 0.334 e. The van der Waals surface area contributed by atoms with Gasteiger partial charge in [-0.2, -0.15) is 13.2 Å². The molecule has 0 atom stereocenters. The second-order valence-corrected chi connectivity index (χ2v) is 8.58. The largest absolute Gasteiger partial charge is 0.449 e. The summed E-state index contributed by atoms with van der Waals surface area (Å²) in [5.41, 5.74) is 2.11. The van der Waals surface area contributed by atoms with Gasteiger partial charge in [-0.3, -0.25) is 0 Å². The first-order valence-corrected chi connectivity index (χ1v) is 10.0. The first kappa shape index (κ1) is 20.1. The third kappa shape index (κ3) is 3.94. The van der Waals surface area contributed by atoms with E-state index in [-0.39, 0.29) is 17.0 Å². The molecule has 0 amide bonds.